The molecule has 0 radical (unpaired) electrons. The first-order valence-corrected chi connectivity index (χ1v) is 4.06. The van der Waals surface area contributed by atoms with Crippen LogP contribution in [0.5, 0.6) is 0 Å². The van der Waals surface area contributed by atoms with Crippen LogP contribution in [0.2, 0.25) is 5.15 Å². The Morgan fingerprint density at radius 2 is 2.38 bits per heavy atom. The van der Waals surface area contributed by atoms with Crippen molar-refractivity contribution in [2.75, 3.05) is 0 Å². The molecule has 0 aliphatic carbocycles. The molecular formula is C8H6ClN3O. The first kappa shape index (κ1) is 8.19. The normalized spacial score (nSPS) is 10.6. The summed E-state index contributed by atoms with van der Waals surface area (Å²) in [7, 11) is 0. The van der Waals surface area contributed by atoms with Crippen LogP contribution in [0.15, 0.2) is 12.4 Å². The van der Waals surface area contributed by atoms with Gasteiger partial charge in [0.2, 0.25) is 0 Å². The lowest BCUT2D eigenvalue weighted by molar-refractivity contribution is 0.112. The molecule has 66 valence electrons. The first-order chi connectivity index (χ1) is 6.24. The molecule has 0 saturated heterocycles. The molecule has 2 heterocycles. The van der Waals surface area contributed by atoms with Crippen LogP contribution in [-0.2, 0) is 0 Å². The number of aryl methyl sites for hydroxylation is 1. The predicted molar refractivity (Wildman–Crippen MR) is 48.1 cm³/mol. The summed E-state index contributed by atoms with van der Waals surface area (Å²) in [6, 6.07) is 0. The summed E-state index contributed by atoms with van der Waals surface area (Å²) < 4.78 is 1.74. The van der Waals surface area contributed by atoms with E-state index in [2.05, 4.69) is 9.97 Å². The molecule has 0 amide bonds. The molecule has 4 nitrogen and oxygen atoms in total. The third-order valence-electron chi connectivity index (χ3n) is 1.83. The second-order valence-electron chi connectivity index (χ2n) is 2.60. The minimum absolute atomic E-state index is 0.296. The van der Waals surface area contributed by atoms with Gasteiger partial charge in [-0.15, -0.1) is 0 Å². The van der Waals surface area contributed by atoms with E-state index in [0.29, 0.717) is 22.6 Å². The fourth-order valence-corrected chi connectivity index (χ4v) is 1.51. The number of aromatic nitrogens is 3. The van der Waals surface area contributed by atoms with Gasteiger partial charge in [-0.05, 0) is 6.92 Å². The zero-order valence-corrected chi connectivity index (χ0v) is 7.62. The van der Waals surface area contributed by atoms with Crippen molar-refractivity contribution in [1.82, 2.24) is 14.4 Å². The van der Waals surface area contributed by atoms with Gasteiger partial charge >= 0.3 is 0 Å². The van der Waals surface area contributed by atoms with Crippen LogP contribution in [0.25, 0.3) is 5.52 Å². The van der Waals surface area contributed by atoms with Gasteiger partial charge in [0, 0.05) is 12.4 Å². The Morgan fingerprint density at radius 3 is 3.08 bits per heavy atom. The third-order valence-corrected chi connectivity index (χ3v) is 2.10. The number of carbonyl (C=O) groups is 1. The van der Waals surface area contributed by atoms with Gasteiger partial charge < -0.3 is 0 Å². The van der Waals surface area contributed by atoms with Gasteiger partial charge in [0.05, 0.1) is 0 Å². The van der Waals surface area contributed by atoms with Gasteiger partial charge in [0.1, 0.15) is 17.0 Å². The summed E-state index contributed by atoms with van der Waals surface area (Å²) in [5.74, 6) is 0.724. The van der Waals surface area contributed by atoms with Crippen molar-refractivity contribution < 1.29 is 4.79 Å². The van der Waals surface area contributed by atoms with Crippen molar-refractivity contribution in [1.29, 1.82) is 0 Å². The van der Waals surface area contributed by atoms with Crippen LogP contribution in [0.3, 0.4) is 0 Å². The monoisotopic (exact) mass is 195 g/mol. The van der Waals surface area contributed by atoms with E-state index >= 15 is 0 Å². The molecule has 13 heavy (non-hydrogen) atoms. The second-order valence-corrected chi connectivity index (χ2v) is 2.96. The van der Waals surface area contributed by atoms with Gasteiger partial charge in [-0.1, -0.05) is 11.6 Å². The van der Waals surface area contributed by atoms with E-state index in [1.165, 1.54) is 0 Å². The summed E-state index contributed by atoms with van der Waals surface area (Å²) in [4.78, 5) is 18.5. The Labute approximate surface area is 79.2 Å². The summed E-state index contributed by atoms with van der Waals surface area (Å²) >= 11 is 5.82. The number of fused-ring (bicyclic) bond motifs is 1. The van der Waals surface area contributed by atoms with Crippen LogP contribution < -0.4 is 0 Å². The number of aldehydes is 1. The van der Waals surface area contributed by atoms with E-state index in [4.69, 9.17) is 11.6 Å². The van der Waals surface area contributed by atoms with E-state index in [9.17, 15) is 4.79 Å². The largest absolute Gasteiger partial charge is 0.299 e. The molecule has 0 aliphatic heterocycles. The Balaban J connectivity index is 2.96. The quantitative estimate of drug-likeness (QED) is 0.648. The SMILES string of the molecule is Cc1nc(C=O)c2c(Cl)nccn12. The van der Waals surface area contributed by atoms with Gasteiger partial charge in [-0.2, -0.15) is 0 Å². The molecule has 2 rings (SSSR count). The molecule has 0 aromatic carbocycles. The Kier molecular flexibility index (Phi) is 1.77. The molecule has 2 aromatic heterocycles. The van der Waals surface area contributed by atoms with Crippen molar-refractivity contribution in [2.45, 2.75) is 6.92 Å². The number of hydrogen-bond donors (Lipinski definition) is 0. The van der Waals surface area contributed by atoms with E-state index < -0.39 is 0 Å². The van der Waals surface area contributed by atoms with Crippen molar-refractivity contribution in [3.8, 4) is 0 Å². The van der Waals surface area contributed by atoms with E-state index in [1.54, 1.807) is 23.7 Å². The molecular weight excluding hydrogens is 190 g/mol. The lowest BCUT2D eigenvalue weighted by atomic mass is 10.4. The van der Waals surface area contributed by atoms with Crippen LogP contribution in [-0.4, -0.2) is 20.7 Å². The molecule has 0 fully saturated rings. The smallest absolute Gasteiger partial charge is 0.170 e. The fraction of sp³-hybridized carbons (Fsp3) is 0.125. The zero-order valence-electron chi connectivity index (χ0n) is 6.86. The topological polar surface area (TPSA) is 47.3 Å². The van der Waals surface area contributed by atoms with Crippen LogP contribution >= 0.6 is 11.6 Å². The standard InChI is InChI=1S/C8H6ClN3O/c1-5-11-6(4-13)7-8(9)10-2-3-12(5)7/h2-4H,1H3. The van der Waals surface area contributed by atoms with E-state index in [1.807, 2.05) is 0 Å². The third kappa shape index (κ3) is 1.10. The van der Waals surface area contributed by atoms with Crippen LogP contribution in [0.4, 0.5) is 0 Å². The number of hydrogen-bond acceptors (Lipinski definition) is 3. The van der Waals surface area contributed by atoms with Gasteiger partial charge in [0.15, 0.2) is 11.4 Å². The maximum atomic E-state index is 10.6. The molecule has 0 spiro atoms. The number of carbonyl (C=O) groups excluding carboxylic acids is 1. The Hall–Kier alpha value is -1.42. The lowest BCUT2D eigenvalue weighted by Crippen LogP contribution is -1.89. The highest BCUT2D eigenvalue weighted by atomic mass is 35.5. The minimum atomic E-state index is 0.296. The lowest BCUT2D eigenvalue weighted by Gasteiger charge is -1.95. The Morgan fingerprint density at radius 1 is 1.62 bits per heavy atom. The van der Waals surface area contributed by atoms with Gasteiger partial charge in [-0.25, -0.2) is 9.97 Å². The highest BCUT2D eigenvalue weighted by Gasteiger charge is 2.10. The number of imidazole rings is 1. The molecule has 0 unspecified atom stereocenters. The molecule has 0 bridgehead atoms. The van der Waals surface area contributed by atoms with Crippen molar-refractivity contribution in [3.05, 3.63) is 29.1 Å². The number of halogens is 1. The average Bonchev–Trinajstić information content (AvgIpc) is 2.45. The number of nitrogens with zero attached hydrogens (tertiary/aromatic N) is 3. The maximum absolute atomic E-state index is 10.6. The summed E-state index contributed by atoms with van der Waals surface area (Å²) in [5, 5.41) is 0.296. The van der Waals surface area contributed by atoms with E-state index in [-0.39, 0.29) is 0 Å². The van der Waals surface area contributed by atoms with Crippen molar-refractivity contribution >= 4 is 23.4 Å². The predicted octanol–water partition coefficient (Wildman–Crippen LogP) is 1.50. The molecule has 0 N–H and O–H groups in total. The Bertz CT molecular complexity index is 477. The molecule has 0 atom stereocenters. The van der Waals surface area contributed by atoms with E-state index in [0.717, 1.165) is 5.82 Å². The highest BCUT2D eigenvalue weighted by molar-refractivity contribution is 6.33. The zero-order chi connectivity index (χ0) is 9.42. The fourth-order valence-electron chi connectivity index (χ4n) is 1.26. The van der Waals surface area contributed by atoms with Crippen LogP contribution in [0.1, 0.15) is 16.3 Å². The minimum Gasteiger partial charge on any atom is -0.299 e. The molecule has 0 saturated carbocycles. The second kappa shape index (κ2) is 2.81. The summed E-state index contributed by atoms with van der Waals surface area (Å²) in [6.45, 7) is 1.80. The number of rotatable bonds is 1. The summed E-state index contributed by atoms with van der Waals surface area (Å²) in [6.07, 6.45) is 3.96. The molecule has 5 heteroatoms. The average molecular weight is 196 g/mol. The molecule has 0 aliphatic rings. The van der Waals surface area contributed by atoms with Crippen LogP contribution in [0, 0.1) is 6.92 Å². The van der Waals surface area contributed by atoms with Gasteiger partial charge in [-0.3, -0.25) is 9.20 Å². The molecule has 2 aromatic rings. The van der Waals surface area contributed by atoms with Gasteiger partial charge in [0.25, 0.3) is 0 Å². The maximum Gasteiger partial charge on any atom is 0.170 e. The summed E-state index contributed by atoms with van der Waals surface area (Å²) in [5.41, 5.74) is 0.896. The van der Waals surface area contributed by atoms with Crippen molar-refractivity contribution in [2.24, 2.45) is 0 Å². The highest BCUT2D eigenvalue weighted by Crippen LogP contribution is 2.18. The van der Waals surface area contributed by atoms with Crippen molar-refractivity contribution in [3.63, 3.8) is 0 Å². The first-order valence-electron chi connectivity index (χ1n) is 3.68.